The average molecular weight is 670 g/mol. The second-order valence-electron chi connectivity index (χ2n) is 15.6. The molecule has 0 saturated heterocycles. The quantitative estimate of drug-likeness (QED) is 0.166. The summed E-state index contributed by atoms with van der Waals surface area (Å²) in [5.41, 5.74) is 1.46. The molecular formula is C38H47N3O6Si. The van der Waals surface area contributed by atoms with Crippen LogP contribution in [0.15, 0.2) is 72.8 Å². The molecule has 0 aliphatic heterocycles. The number of nitrogens with zero attached hydrogens (tertiary/aromatic N) is 3. The second kappa shape index (κ2) is 12.5. The largest absolute Gasteiger partial charge is 0.543 e. The van der Waals surface area contributed by atoms with Crippen molar-refractivity contribution in [3.8, 4) is 22.9 Å². The molecule has 0 N–H and O–H groups in total. The summed E-state index contributed by atoms with van der Waals surface area (Å²) in [6.45, 7) is 22.2. The molecule has 2 aromatic heterocycles. The van der Waals surface area contributed by atoms with Gasteiger partial charge in [0.25, 0.3) is 0 Å². The third kappa shape index (κ3) is 7.59. The monoisotopic (exact) mass is 669 g/mol. The van der Waals surface area contributed by atoms with Crippen LogP contribution in [0.3, 0.4) is 0 Å². The molecule has 48 heavy (non-hydrogen) atoms. The van der Waals surface area contributed by atoms with Crippen LogP contribution < -0.4 is 9.16 Å². The zero-order valence-corrected chi connectivity index (χ0v) is 30.9. The molecule has 0 radical (unpaired) electrons. The van der Waals surface area contributed by atoms with Gasteiger partial charge in [0.15, 0.2) is 0 Å². The van der Waals surface area contributed by atoms with Crippen molar-refractivity contribution in [2.75, 3.05) is 0 Å². The molecule has 0 bridgehead atoms. The van der Waals surface area contributed by atoms with Gasteiger partial charge in [0.05, 0.1) is 16.7 Å². The van der Waals surface area contributed by atoms with Crippen LogP contribution in [0.25, 0.3) is 33.2 Å². The number of hydrogen-bond donors (Lipinski definition) is 0. The Morgan fingerprint density at radius 1 is 0.729 bits per heavy atom. The molecule has 0 unspecified atom stereocenters. The minimum Gasteiger partial charge on any atom is -0.543 e. The van der Waals surface area contributed by atoms with E-state index >= 15 is 0 Å². The van der Waals surface area contributed by atoms with Crippen LogP contribution in [0, 0.1) is 0 Å². The lowest BCUT2D eigenvalue weighted by atomic mass is 10.1. The van der Waals surface area contributed by atoms with Crippen molar-refractivity contribution in [1.82, 2.24) is 14.3 Å². The van der Waals surface area contributed by atoms with Crippen LogP contribution in [0.4, 0.5) is 9.59 Å². The van der Waals surface area contributed by atoms with E-state index < -0.39 is 31.7 Å². The minimum absolute atomic E-state index is 0.0199. The lowest BCUT2D eigenvalue weighted by Gasteiger charge is -2.36. The van der Waals surface area contributed by atoms with Gasteiger partial charge >= 0.3 is 12.2 Å². The van der Waals surface area contributed by atoms with E-state index in [1.807, 2.05) is 81.4 Å². The van der Waals surface area contributed by atoms with Crippen molar-refractivity contribution in [2.24, 2.45) is 0 Å². The van der Waals surface area contributed by atoms with Crippen LogP contribution in [0.2, 0.25) is 18.1 Å². The van der Waals surface area contributed by atoms with E-state index in [0.717, 1.165) is 10.9 Å². The van der Waals surface area contributed by atoms with Crippen LogP contribution in [0.5, 0.6) is 11.5 Å². The van der Waals surface area contributed by atoms with Gasteiger partial charge in [-0.1, -0.05) is 51.1 Å². The van der Waals surface area contributed by atoms with E-state index in [4.69, 9.17) is 23.7 Å². The van der Waals surface area contributed by atoms with Gasteiger partial charge in [-0.25, -0.2) is 14.2 Å². The molecular weight excluding hydrogens is 623 g/mol. The first-order valence-corrected chi connectivity index (χ1v) is 19.1. The molecule has 0 spiro atoms. The van der Waals surface area contributed by atoms with Gasteiger partial charge in [0, 0.05) is 16.8 Å². The zero-order valence-electron chi connectivity index (χ0n) is 29.9. The number of aromatic nitrogens is 3. The van der Waals surface area contributed by atoms with Crippen molar-refractivity contribution >= 4 is 42.3 Å². The average Bonchev–Trinajstić information content (AvgIpc) is 3.52. The highest BCUT2D eigenvalue weighted by Gasteiger charge is 2.39. The number of benzene rings is 3. The van der Waals surface area contributed by atoms with Gasteiger partial charge in [-0.2, -0.15) is 9.78 Å². The summed E-state index contributed by atoms with van der Waals surface area (Å²) in [6.07, 6.45) is -1.21. The molecule has 5 rings (SSSR count). The highest BCUT2D eigenvalue weighted by molar-refractivity contribution is 6.74. The van der Waals surface area contributed by atoms with Gasteiger partial charge in [0.2, 0.25) is 8.32 Å². The van der Waals surface area contributed by atoms with Crippen molar-refractivity contribution < 1.29 is 28.2 Å². The summed E-state index contributed by atoms with van der Waals surface area (Å²) in [7, 11) is -2.18. The third-order valence-corrected chi connectivity index (χ3v) is 12.6. The van der Waals surface area contributed by atoms with Gasteiger partial charge in [-0.05, 0) is 102 Å². The Kier molecular flexibility index (Phi) is 9.03. The maximum absolute atomic E-state index is 14.0. The molecule has 0 aliphatic rings. The lowest BCUT2D eigenvalue weighted by Crippen LogP contribution is -2.43. The highest BCUT2D eigenvalue weighted by Crippen LogP contribution is 2.40. The Morgan fingerprint density at radius 2 is 1.35 bits per heavy atom. The van der Waals surface area contributed by atoms with E-state index in [-0.39, 0.29) is 5.04 Å². The molecule has 254 valence electrons. The molecule has 0 aliphatic carbocycles. The Hall–Kier alpha value is -4.57. The summed E-state index contributed by atoms with van der Waals surface area (Å²) < 4.78 is 27.2. The van der Waals surface area contributed by atoms with Crippen molar-refractivity contribution in [2.45, 2.75) is 98.3 Å². The number of hydrogen-bond acceptors (Lipinski definition) is 7. The fourth-order valence-corrected chi connectivity index (χ4v) is 5.95. The molecule has 0 saturated carbocycles. The number of fused-ring (bicyclic) bond motifs is 2. The van der Waals surface area contributed by atoms with Crippen LogP contribution >= 0.6 is 0 Å². The van der Waals surface area contributed by atoms with E-state index in [0.29, 0.717) is 45.9 Å². The topological polar surface area (TPSA) is 93.8 Å². The Balaban J connectivity index is 1.71. The fraction of sp³-hybridized carbons (Fsp3) is 0.395. The first-order valence-electron chi connectivity index (χ1n) is 16.2. The maximum Gasteiger partial charge on any atom is 0.435 e. The van der Waals surface area contributed by atoms with Gasteiger partial charge < -0.3 is 18.6 Å². The van der Waals surface area contributed by atoms with Gasteiger partial charge in [-0.15, -0.1) is 0 Å². The van der Waals surface area contributed by atoms with Gasteiger partial charge in [-0.3, -0.25) is 0 Å². The minimum atomic E-state index is -2.18. The highest BCUT2D eigenvalue weighted by atomic mass is 28.4. The molecule has 9 nitrogen and oxygen atoms in total. The van der Waals surface area contributed by atoms with Gasteiger partial charge in [0.1, 0.15) is 35.0 Å². The third-order valence-electron chi connectivity index (χ3n) is 8.24. The normalized spacial score (nSPS) is 12.7. The fourth-order valence-electron chi connectivity index (χ4n) is 4.93. The zero-order chi connectivity index (χ0) is 35.2. The van der Waals surface area contributed by atoms with E-state index in [1.54, 1.807) is 32.9 Å². The molecule has 3 aromatic carbocycles. The van der Waals surface area contributed by atoms with E-state index in [2.05, 4.69) is 33.9 Å². The second-order valence-corrected chi connectivity index (χ2v) is 20.3. The standard InChI is InChI=1S/C38H47N3O6Si/c1-36(2,3)45-34(42)40-31-23-28(47-48(10,11)38(7,8)9)18-17-26(31)21-32(40)33-29-22-27(44-24-25-15-13-12-14-16-25)19-20-30(29)41(39-33)35(43)46-37(4,5)6/h12-23H,24H2,1-11H3. The first kappa shape index (κ1) is 34.8. The molecule has 0 atom stereocenters. The number of carbonyl (C=O) groups excluding carboxylic acids is 2. The molecule has 10 heteroatoms. The summed E-state index contributed by atoms with van der Waals surface area (Å²) in [4.78, 5) is 27.5. The summed E-state index contributed by atoms with van der Waals surface area (Å²) >= 11 is 0. The van der Waals surface area contributed by atoms with Crippen molar-refractivity contribution in [3.05, 3.63) is 78.4 Å². The first-order chi connectivity index (χ1) is 22.2. The smallest absolute Gasteiger partial charge is 0.435 e. The van der Waals surface area contributed by atoms with Crippen LogP contribution in [0.1, 0.15) is 67.9 Å². The van der Waals surface area contributed by atoms with E-state index in [1.165, 1.54) is 9.25 Å². The van der Waals surface area contributed by atoms with Crippen LogP contribution in [-0.4, -0.2) is 46.1 Å². The molecule has 2 heterocycles. The Bertz CT molecular complexity index is 1970. The molecule has 0 fully saturated rings. The Labute approximate surface area is 283 Å². The SMILES string of the molecule is CC(C)(C)OC(=O)n1nc(-c2cc3ccc(O[Si](C)(C)C(C)(C)C)cc3n2C(=O)OC(C)(C)C)c2cc(OCc3ccccc3)ccc21. The maximum atomic E-state index is 14.0. The predicted molar refractivity (Wildman–Crippen MR) is 193 cm³/mol. The number of rotatable bonds is 6. The number of ether oxygens (including phenoxy) is 3. The lowest BCUT2D eigenvalue weighted by molar-refractivity contribution is 0.0520. The summed E-state index contributed by atoms with van der Waals surface area (Å²) in [6, 6.07) is 22.9. The molecule has 0 amide bonds. The van der Waals surface area contributed by atoms with Crippen molar-refractivity contribution in [3.63, 3.8) is 0 Å². The summed E-state index contributed by atoms with van der Waals surface area (Å²) in [5, 5.41) is 6.16. The number of carbonyl (C=O) groups is 2. The van der Waals surface area contributed by atoms with Crippen molar-refractivity contribution in [1.29, 1.82) is 0 Å². The van der Waals surface area contributed by atoms with E-state index in [9.17, 15) is 9.59 Å². The van der Waals surface area contributed by atoms with Crippen LogP contribution in [-0.2, 0) is 16.1 Å². The summed E-state index contributed by atoms with van der Waals surface area (Å²) in [5.74, 6) is 1.26. The Morgan fingerprint density at radius 3 is 1.98 bits per heavy atom. The molecule has 5 aromatic rings. The predicted octanol–water partition coefficient (Wildman–Crippen LogP) is 10.2.